The van der Waals surface area contributed by atoms with Crippen molar-refractivity contribution < 1.29 is 4.79 Å². The number of aryl methyl sites for hydroxylation is 1. The minimum Gasteiger partial charge on any atom is -0.353 e. The Balaban J connectivity index is 2.76. The fraction of sp³-hybridized carbons (Fsp3) is 0.250. The molecule has 1 aromatic rings. The smallest absolute Gasteiger partial charge is 0.243 e. The third-order valence-electron chi connectivity index (χ3n) is 1.92. The van der Waals surface area contributed by atoms with Gasteiger partial charge in [0.1, 0.15) is 0 Å². The van der Waals surface area contributed by atoms with Gasteiger partial charge in [0.05, 0.1) is 0 Å². The Morgan fingerprint density at radius 2 is 2.27 bits per heavy atom. The van der Waals surface area contributed by atoms with E-state index in [1.165, 1.54) is 5.56 Å². The van der Waals surface area contributed by atoms with Gasteiger partial charge < -0.3 is 5.32 Å². The first-order chi connectivity index (χ1) is 7.13. The van der Waals surface area contributed by atoms with Gasteiger partial charge in [-0.15, -0.1) is 0 Å². The molecule has 0 fully saturated rings. The molecular formula is C12H14BrNO. The molecule has 0 unspecified atom stereocenters. The molecule has 0 spiro atoms. The Labute approximate surface area is 98.5 Å². The summed E-state index contributed by atoms with van der Waals surface area (Å²) in [6.45, 7) is 4.58. The lowest BCUT2D eigenvalue weighted by Crippen LogP contribution is -2.19. The fourth-order valence-corrected chi connectivity index (χ4v) is 1.79. The maximum Gasteiger partial charge on any atom is 0.243 e. The molecule has 0 bridgehead atoms. The van der Waals surface area contributed by atoms with Crippen LogP contribution in [0.25, 0.3) is 6.08 Å². The van der Waals surface area contributed by atoms with Crippen LogP contribution in [-0.4, -0.2) is 12.5 Å². The van der Waals surface area contributed by atoms with Crippen molar-refractivity contribution in [3.63, 3.8) is 0 Å². The van der Waals surface area contributed by atoms with Crippen molar-refractivity contribution in [2.24, 2.45) is 0 Å². The van der Waals surface area contributed by atoms with Gasteiger partial charge in [0.2, 0.25) is 5.91 Å². The average molecular weight is 268 g/mol. The SMILES string of the molecule is CCNC(=O)/C=C\c1ccc(C)cc1Br. The van der Waals surface area contributed by atoms with Crippen molar-refractivity contribution in [1.82, 2.24) is 5.32 Å². The van der Waals surface area contributed by atoms with Gasteiger partial charge in [-0.25, -0.2) is 0 Å². The Bertz CT molecular complexity index is 385. The standard InChI is InChI=1S/C12H14BrNO/c1-3-14-12(15)7-6-10-5-4-9(2)8-11(10)13/h4-8H,3H2,1-2H3,(H,14,15)/b7-6-. The molecule has 80 valence electrons. The van der Waals surface area contributed by atoms with E-state index in [-0.39, 0.29) is 5.91 Å². The maximum atomic E-state index is 11.2. The molecular weight excluding hydrogens is 254 g/mol. The molecule has 1 amide bonds. The summed E-state index contributed by atoms with van der Waals surface area (Å²) in [6, 6.07) is 6.02. The summed E-state index contributed by atoms with van der Waals surface area (Å²) < 4.78 is 1.00. The van der Waals surface area contributed by atoms with E-state index in [1.54, 1.807) is 12.2 Å². The molecule has 1 aromatic carbocycles. The Kier molecular flexibility index (Phi) is 4.56. The summed E-state index contributed by atoms with van der Waals surface area (Å²) in [4.78, 5) is 11.2. The molecule has 3 heteroatoms. The number of amides is 1. The maximum absolute atomic E-state index is 11.2. The lowest BCUT2D eigenvalue weighted by atomic mass is 10.1. The monoisotopic (exact) mass is 267 g/mol. The topological polar surface area (TPSA) is 29.1 Å². The third kappa shape index (κ3) is 3.88. The fourth-order valence-electron chi connectivity index (χ4n) is 1.17. The van der Waals surface area contributed by atoms with Crippen LogP contribution in [0.1, 0.15) is 18.1 Å². The van der Waals surface area contributed by atoms with E-state index >= 15 is 0 Å². The first-order valence-corrected chi connectivity index (χ1v) is 5.65. The van der Waals surface area contributed by atoms with Gasteiger partial charge in [0.15, 0.2) is 0 Å². The second kappa shape index (κ2) is 5.71. The molecule has 1 rings (SSSR count). The Morgan fingerprint density at radius 3 is 2.87 bits per heavy atom. The van der Waals surface area contributed by atoms with Crippen LogP contribution in [0.15, 0.2) is 28.7 Å². The van der Waals surface area contributed by atoms with Gasteiger partial charge in [0, 0.05) is 17.1 Å². The summed E-state index contributed by atoms with van der Waals surface area (Å²) in [5.41, 5.74) is 2.20. The van der Waals surface area contributed by atoms with Gasteiger partial charge in [-0.2, -0.15) is 0 Å². The molecule has 0 atom stereocenters. The van der Waals surface area contributed by atoms with Crippen LogP contribution in [0.3, 0.4) is 0 Å². The summed E-state index contributed by atoms with van der Waals surface area (Å²) in [6.07, 6.45) is 3.34. The number of halogens is 1. The third-order valence-corrected chi connectivity index (χ3v) is 2.61. The Morgan fingerprint density at radius 1 is 1.53 bits per heavy atom. The highest BCUT2D eigenvalue weighted by atomic mass is 79.9. The van der Waals surface area contributed by atoms with Crippen LogP contribution in [-0.2, 0) is 4.79 Å². The number of likely N-dealkylation sites (N-methyl/N-ethyl adjacent to an activating group) is 1. The van der Waals surface area contributed by atoms with Crippen molar-refractivity contribution >= 4 is 27.9 Å². The average Bonchev–Trinajstić information content (AvgIpc) is 2.17. The molecule has 0 heterocycles. The molecule has 0 aliphatic heterocycles. The molecule has 0 saturated heterocycles. The highest BCUT2D eigenvalue weighted by Gasteiger charge is 1.97. The van der Waals surface area contributed by atoms with Crippen LogP contribution < -0.4 is 5.32 Å². The zero-order valence-electron chi connectivity index (χ0n) is 8.88. The zero-order chi connectivity index (χ0) is 11.3. The summed E-state index contributed by atoms with van der Waals surface area (Å²) in [7, 11) is 0. The van der Waals surface area contributed by atoms with E-state index < -0.39 is 0 Å². The summed E-state index contributed by atoms with van der Waals surface area (Å²) in [5, 5.41) is 2.71. The summed E-state index contributed by atoms with van der Waals surface area (Å²) in [5.74, 6) is -0.0648. The van der Waals surface area contributed by atoms with Crippen LogP contribution in [0.5, 0.6) is 0 Å². The lowest BCUT2D eigenvalue weighted by Gasteiger charge is -2.00. The largest absolute Gasteiger partial charge is 0.353 e. The van der Waals surface area contributed by atoms with Crippen molar-refractivity contribution in [2.75, 3.05) is 6.54 Å². The molecule has 0 radical (unpaired) electrons. The number of nitrogens with one attached hydrogen (secondary N) is 1. The van der Waals surface area contributed by atoms with Crippen LogP contribution in [0.2, 0.25) is 0 Å². The van der Waals surface area contributed by atoms with Gasteiger partial charge >= 0.3 is 0 Å². The second-order valence-corrected chi connectivity index (χ2v) is 4.11. The van der Waals surface area contributed by atoms with E-state index in [0.717, 1.165) is 10.0 Å². The first kappa shape index (κ1) is 12.0. The number of carbonyl (C=O) groups excluding carboxylic acids is 1. The molecule has 0 saturated carbocycles. The van der Waals surface area contributed by atoms with Crippen LogP contribution >= 0.6 is 15.9 Å². The van der Waals surface area contributed by atoms with Crippen LogP contribution in [0, 0.1) is 6.92 Å². The quantitative estimate of drug-likeness (QED) is 0.839. The van der Waals surface area contributed by atoms with Crippen LogP contribution in [0.4, 0.5) is 0 Å². The molecule has 0 aromatic heterocycles. The highest BCUT2D eigenvalue weighted by molar-refractivity contribution is 9.10. The molecule has 0 aliphatic rings. The van der Waals surface area contributed by atoms with E-state index in [0.29, 0.717) is 6.54 Å². The van der Waals surface area contributed by atoms with Gasteiger partial charge in [-0.1, -0.05) is 28.1 Å². The van der Waals surface area contributed by atoms with Crippen molar-refractivity contribution in [3.8, 4) is 0 Å². The molecule has 1 N–H and O–H groups in total. The molecule has 15 heavy (non-hydrogen) atoms. The second-order valence-electron chi connectivity index (χ2n) is 3.25. The number of hydrogen-bond acceptors (Lipinski definition) is 1. The highest BCUT2D eigenvalue weighted by Crippen LogP contribution is 2.19. The number of hydrogen-bond donors (Lipinski definition) is 1. The zero-order valence-corrected chi connectivity index (χ0v) is 10.5. The van der Waals surface area contributed by atoms with Gasteiger partial charge in [-0.3, -0.25) is 4.79 Å². The van der Waals surface area contributed by atoms with E-state index in [9.17, 15) is 4.79 Å². The predicted octanol–water partition coefficient (Wildman–Crippen LogP) is 2.91. The van der Waals surface area contributed by atoms with Gasteiger partial charge in [0.25, 0.3) is 0 Å². The number of carbonyl (C=O) groups is 1. The van der Waals surface area contributed by atoms with Gasteiger partial charge in [-0.05, 0) is 37.1 Å². The van der Waals surface area contributed by atoms with Crippen molar-refractivity contribution in [2.45, 2.75) is 13.8 Å². The first-order valence-electron chi connectivity index (χ1n) is 4.85. The van der Waals surface area contributed by atoms with Crippen molar-refractivity contribution in [3.05, 3.63) is 39.9 Å². The minimum atomic E-state index is -0.0648. The predicted molar refractivity (Wildman–Crippen MR) is 66.6 cm³/mol. The van der Waals surface area contributed by atoms with E-state index in [1.807, 2.05) is 32.0 Å². The van der Waals surface area contributed by atoms with Crippen molar-refractivity contribution in [1.29, 1.82) is 0 Å². The van der Waals surface area contributed by atoms with E-state index in [4.69, 9.17) is 0 Å². The molecule has 2 nitrogen and oxygen atoms in total. The van der Waals surface area contributed by atoms with E-state index in [2.05, 4.69) is 21.2 Å². The minimum absolute atomic E-state index is 0.0648. The number of benzene rings is 1. The normalized spacial score (nSPS) is 10.6. The summed E-state index contributed by atoms with van der Waals surface area (Å²) >= 11 is 3.45. The molecule has 0 aliphatic carbocycles. The lowest BCUT2D eigenvalue weighted by molar-refractivity contribution is -0.116. The Hall–Kier alpha value is -1.09. The number of rotatable bonds is 3.